The number of aromatic nitrogens is 3. The highest BCUT2D eigenvalue weighted by Crippen LogP contribution is 2.35. The molecule has 2 saturated heterocycles. The third kappa shape index (κ3) is 4.85. The monoisotopic (exact) mass is 413 g/mol. The zero-order valence-electron chi connectivity index (χ0n) is 16.5. The lowest BCUT2D eigenvalue weighted by Gasteiger charge is -2.40. The second-order valence-electron chi connectivity index (χ2n) is 8.16. The Morgan fingerprint density at radius 2 is 2.24 bits per heavy atom. The van der Waals surface area contributed by atoms with E-state index >= 15 is 0 Å². The number of nitrogens with zero attached hydrogens (tertiary/aromatic N) is 4. The predicted octanol–water partition coefficient (Wildman–Crippen LogP) is 2.09. The van der Waals surface area contributed by atoms with E-state index in [0.29, 0.717) is 25.6 Å². The van der Waals surface area contributed by atoms with Gasteiger partial charge in [0.1, 0.15) is 19.0 Å². The van der Waals surface area contributed by atoms with E-state index in [1.165, 1.54) is 11.0 Å². The van der Waals surface area contributed by atoms with Crippen molar-refractivity contribution in [1.82, 2.24) is 19.7 Å². The minimum Gasteiger partial charge on any atom is -0.376 e. The van der Waals surface area contributed by atoms with Crippen LogP contribution in [0.1, 0.15) is 44.6 Å². The Kier molecular flexibility index (Phi) is 6.59. The maximum absolute atomic E-state index is 13.5. The summed E-state index contributed by atoms with van der Waals surface area (Å²) in [7, 11) is 0. The molecule has 0 aromatic carbocycles. The summed E-state index contributed by atoms with van der Waals surface area (Å²) in [5.74, 6) is 0.432. The molecule has 29 heavy (non-hydrogen) atoms. The van der Waals surface area contributed by atoms with Crippen LogP contribution in [0.25, 0.3) is 0 Å². The highest BCUT2D eigenvalue weighted by Gasteiger charge is 2.39. The van der Waals surface area contributed by atoms with Crippen molar-refractivity contribution in [3.8, 4) is 0 Å². The van der Waals surface area contributed by atoms with E-state index < -0.39 is 12.5 Å². The lowest BCUT2D eigenvalue weighted by molar-refractivity contribution is -0.140. The molecule has 1 aromatic rings. The number of anilines is 1. The predicted molar refractivity (Wildman–Crippen MR) is 101 cm³/mol. The van der Waals surface area contributed by atoms with E-state index in [9.17, 15) is 13.6 Å². The molecule has 0 spiro atoms. The Labute approximate surface area is 168 Å². The fourth-order valence-corrected chi connectivity index (χ4v) is 4.57. The molecule has 1 aromatic heterocycles. The topological polar surface area (TPSA) is 81.5 Å². The van der Waals surface area contributed by atoms with Crippen LogP contribution in [0.3, 0.4) is 0 Å². The molecule has 162 valence electrons. The molecule has 2 fully saturated rings. The van der Waals surface area contributed by atoms with Crippen LogP contribution < -0.4 is 5.32 Å². The third-order valence-electron chi connectivity index (χ3n) is 6.17. The maximum atomic E-state index is 13.5. The van der Waals surface area contributed by atoms with Crippen LogP contribution in [0.2, 0.25) is 0 Å². The van der Waals surface area contributed by atoms with Crippen molar-refractivity contribution in [2.45, 2.75) is 63.1 Å². The summed E-state index contributed by atoms with van der Waals surface area (Å²) in [5.41, 5.74) is 0. The molecule has 3 aliphatic heterocycles. The number of fused-ring (bicyclic) bond motifs is 1. The summed E-state index contributed by atoms with van der Waals surface area (Å²) in [5, 5.41) is 7.17. The summed E-state index contributed by atoms with van der Waals surface area (Å²) in [6.07, 6.45) is 4.09. The summed E-state index contributed by atoms with van der Waals surface area (Å²) >= 11 is 0. The van der Waals surface area contributed by atoms with Crippen LogP contribution >= 0.6 is 0 Å². The van der Waals surface area contributed by atoms with E-state index in [1.807, 2.05) is 0 Å². The molecule has 8 nitrogen and oxygen atoms in total. The van der Waals surface area contributed by atoms with Gasteiger partial charge in [0, 0.05) is 25.7 Å². The average molecular weight is 413 g/mol. The first-order valence-corrected chi connectivity index (χ1v) is 10.5. The molecule has 1 amide bonds. The first-order chi connectivity index (χ1) is 14.1. The molecule has 0 saturated carbocycles. The van der Waals surface area contributed by atoms with E-state index in [-0.39, 0.29) is 37.0 Å². The summed E-state index contributed by atoms with van der Waals surface area (Å²) in [4.78, 5) is 18.5. The second kappa shape index (κ2) is 9.34. The summed E-state index contributed by atoms with van der Waals surface area (Å²) in [6.45, 7) is 2.47. The number of ether oxygens (including phenoxy) is 2. The van der Waals surface area contributed by atoms with Gasteiger partial charge in [0.2, 0.25) is 11.9 Å². The molecular formula is C19H29F2N5O3. The van der Waals surface area contributed by atoms with Gasteiger partial charge < -0.3 is 19.7 Å². The van der Waals surface area contributed by atoms with Gasteiger partial charge in [-0.05, 0) is 44.4 Å². The lowest BCUT2D eigenvalue weighted by Crippen LogP contribution is -2.49. The number of halogens is 2. The van der Waals surface area contributed by atoms with E-state index in [2.05, 4.69) is 15.4 Å². The number of carbonyl (C=O) groups excluding carboxylic acids is 1. The molecule has 1 N–H and O–H groups in total. The third-order valence-corrected chi connectivity index (χ3v) is 6.17. The second-order valence-corrected chi connectivity index (χ2v) is 8.16. The van der Waals surface area contributed by atoms with Crippen molar-refractivity contribution >= 4 is 11.9 Å². The number of nitrogens with one attached hydrogen (secondary N) is 1. The average Bonchev–Trinajstić information content (AvgIpc) is 3.22. The molecule has 2 unspecified atom stereocenters. The maximum Gasteiger partial charge on any atom is 0.260 e. The van der Waals surface area contributed by atoms with Crippen molar-refractivity contribution in [2.75, 3.05) is 38.2 Å². The number of hydrogen-bond acceptors (Lipinski definition) is 6. The number of rotatable bonds is 6. The van der Waals surface area contributed by atoms with Gasteiger partial charge in [-0.25, -0.2) is 13.5 Å². The van der Waals surface area contributed by atoms with Crippen molar-refractivity contribution in [2.24, 2.45) is 5.92 Å². The van der Waals surface area contributed by atoms with Gasteiger partial charge in [-0.15, -0.1) is 0 Å². The lowest BCUT2D eigenvalue weighted by atomic mass is 9.86. The first kappa shape index (κ1) is 20.5. The van der Waals surface area contributed by atoms with Crippen LogP contribution in [-0.4, -0.2) is 77.1 Å². The first-order valence-electron chi connectivity index (χ1n) is 10.5. The number of amides is 1. The minimum absolute atomic E-state index is 0.0403. The number of piperidine rings is 1. The van der Waals surface area contributed by atoms with Crippen LogP contribution in [0.5, 0.6) is 0 Å². The molecule has 3 aliphatic rings. The normalized spacial score (nSPS) is 30.1. The molecule has 0 aliphatic carbocycles. The molecule has 4 heterocycles. The highest BCUT2D eigenvalue weighted by molar-refractivity contribution is 5.77. The largest absolute Gasteiger partial charge is 0.376 e. The standard InChI is InChI=1S/C19H29F2N5O3/c20-18(21)16-8-15(24-19-22-12-23-26(16)19)13-4-3-6-25(9-13)17(27)11-28-10-14-5-1-2-7-29-14/h12-16,18H,1-11H2,(H,22,23,24)/t13?,14?,15-,16+/m0/s1. The summed E-state index contributed by atoms with van der Waals surface area (Å²) < 4.78 is 39.5. The Hall–Kier alpha value is -1.81. The Morgan fingerprint density at radius 3 is 3.03 bits per heavy atom. The molecule has 10 heteroatoms. The molecule has 0 bridgehead atoms. The number of likely N-dealkylation sites (tertiary alicyclic amines) is 1. The number of carbonyl (C=O) groups is 1. The SMILES string of the molecule is O=C(COCC1CCCCO1)N1CCCC([C@@H]2C[C@H](C(F)F)n3ncnc3N2)C1. The van der Waals surface area contributed by atoms with Gasteiger partial charge in [-0.2, -0.15) is 10.1 Å². The molecule has 4 atom stereocenters. The number of hydrogen-bond donors (Lipinski definition) is 1. The van der Waals surface area contributed by atoms with Crippen LogP contribution in [0.15, 0.2) is 6.33 Å². The van der Waals surface area contributed by atoms with Crippen molar-refractivity contribution in [3.05, 3.63) is 6.33 Å². The fourth-order valence-electron chi connectivity index (χ4n) is 4.57. The van der Waals surface area contributed by atoms with Crippen LogP contribution in [-0.2, 0) is 14.3 Å². The van der Waals surface area contributed by atoms with Crippen molar-refractivity contribution < 1.29 is 23.0 Å². The molecule has 4 rings (SSSR count). The quantitative estimate of drug-likeness (QED) is 0.769. The van der Waals surface area contributed by atoms with Gasteiger partial charge in [-0.1, -0.05) is 0 Å². The van der Waals surface area contributed by atoms with Gasteiger partial charge >= 0.3 is 0 Å². The van der Waals surface area contributed by atoms with Gasteiger partial charge in [0.25, 0.3) is 6.43 Å². The van der Waals surface area contributed by atoms with Crippen LogP contribution in [0, 0.1) is 5.92 Å². The molecule has 0 radical (unpaired) electrons. The number of alkyl halides is 2. The van der Waals surface area contributed by atoms with Crippen molar-refractivity contribution in [1.29, 1.82) is 0 Å². The summed E-state index contributed by atoms with van der Waals surface area (Å²) in [6, 6.07) is -1.14. The fraction of sp³-hybridized carbons (Fsp3) is 0.842. The van der Waals surface area contributed by atoms with E-state index in [0.717, 1.165) is 38.7 Å². The minimum atomic E-state index is -2.50. The van der Waals surface area contributed by atoms with Crippen molar-refractivity contribution in [3.63, 3.8) is 0 Å². The van der Waals surface area contributed by atoms with Gasteiger partial charge in [0.15, 0.2) is 0 Å². The van der Waals surface area contributed by atoms with Gasteiger partial charge in [0.05, 0.1) is 12.7 Å². The van der Waals surface area contributed by atoms with Gasteiger partial charge in [-0.3, -0.25) is 4.79 Å². The van der Waals surface area contributed by atoms with E-state index in [1.54, 1.807) is 4.90 Å². The van der Waals surface area contributed by atoms with Crippen LogP contribution in [0.4, 0.5) is 14.7 Å². The Balaban J connectivity index is 1.29. The Bertz CT molecular complexity index is 683. The zero-order chi connectivity index (χ0) is 20.2. The molecular weight excluding hydrogens is 384 g/mol. The van der Waals surface area contributed by atoms with E-state index in [4.69, 9.17) is 9.47 Å². The Morgan fingerprint density at radius 1 is 1.34 bits per heavy atom. The highest BCUT2D eigenvalue weighted by atomic mass is 19.3. The zero-order valence-corrected chi connectivity index (χ0v) is 16.5. The smallest absolute Gasteiger partial charge is 0.260 e.